The molecule has 4 nitrogen and oxygen atoms in total. The molecule has 3 fully saturated rings. The van der Waals surface area contributed by atoms with Gasteiger partial charge in [0, 0.05) is 36.8 Å². The molecule has 1 aromatic carbocycles. The van der Waals surface area contributed by atoms with E-state index in [1.165, 1.54) is 32.1 Å². The summed E-state index contributed by atoms with van der Waals surface area (Å²) in [6.45, 7) is 2.60. The lowest BCUT2D eigenvalue weighted by Crippen LogP contribution is -2.49. The zero-order valence-electron chi connectivity index (χ0n) is 15.7. The van der Waals surface area contributed by atoms with E-state index >= 15 is 0 Å². The Morgan fingerprint density at radius 3 is 2.04 bits per heavy atom. The number of hydrogen-bond donors (Lipinski definition) is 0. The number of likely N-dealkylation sites (tertiary alicyclic amines) is 2. The van der Waals surface area contributed by atoms with Crippen LogP contribution in [-0.4, -0.2) is 47.3 Å². The lowest BCUT2D eigenvalue weighted by molar-refractivity contribution is 0.0390. The zero-order chi connectivity index (χ0) is 17.9. The molecule has 4 rings (SSSR count). The van der Waals surface area contributed by atoms with Crippen LogP contribution in [0.3, 0.4) is 0 Å². The summed E-state index contributed by atoms with van der Waals surface area (Å²) in [6, 6.07) is 7.82. The largest absolute Gasteiger partial charge is 0.339 e. The number of carbonyl (C=O) groups excluding carboxylic acids is 2. The second-order valence-corrected chi connectivity index (χ2v) is 8.18. The van der Waals surface area contributed by atoms with Gasteiger partial charge in [-0.25, -0.2) is 0 Å². The molecule has 0 bridgehead atoms. The van der Waals surface area contributed by atoms with Crippen molar-refractivity contribution in [2.75, 3.05) is 19.6 Å². The summed E-state index contributed by atoms with van der Waals surface area (Å²) in [5, 5.41) is 0. The van der Waals surface area contributed by atoms with Crippen LogP contribution >= 0.6 is 0 Å². The fourth-order valence-corrected chi connectivity index (χ4v) is 5.08. The van der Waals surface area contributed by atoms with Crippen LogP contribution in [0.25, 0.3) is 0 Å². The predicted molar refractivity (Wildman–Crippen MR) is 102 cm³/mol. The van der Waals surface area contributed by atoms with E-state index in [2.05, 4.69) is 4.90 Å². The van der Waals surface area contributed by atoms with E-state index in [-0.39, 0.29) is 11.8 Å². The number of piperidine rings is 2. The van der Waals surface area contributed by atoms with Crippen LogP contribution in [-0.2, 0) is 0 Å². The standard InChI is InChI=1S/C22H30N2O2/c25-21(23-14-4-1-5-15-23)18-10-12-19(13-11-18)22(26)24-16-6-8-17-7-2-3-9-20(17)24/h10-13,17,20H,1-9,14-16H2. The van der Waals surface area contributed by atoms with Crippen molar-refractivity contribution >= 4 is 11.8 Å². The fraction of sp³-hybridized carbons (Fsp3) is 0.636. The Labute approximate surface area is 156 Å². The molecule has 1 saturated carbocycles. The van der Waals surface area contributed by atoms with Gasteiger partial charge in [-0.1, -0.05) is 12.8 Å². The Kier molecular flexibility index (Phi) is 5.28. The summed E-state index contributed by atoms with van der Waals surface area (Å²) in [4.78, 5) is 29.7. The molecule has 2 saturated heterocycles. The molecule has 0 aromatic heterocycles. The zero-order valence-corrected chi connectivity index (χ0v) is 15.7. The Morgan fingerprint density at radius 1 is 0.692 bits per heavy atom. The van der Waals surface area contributed by atoms with Gasteiger partial charge in [0.2, 0.25) is 0 Å². The molecule has 3 aliphatic rings. The van der Waals surface area contributed by atoms with E-state index in [0.717, 1.165) is 50.9 Å². The molecule has 26 heavy (non-hydrogen) atoms. The van der Waals surface area contributed by atoms with Gasteiger partial charge < -0.3 is 9.80 Å². The van der Waals surface area contributed by atoms with Gasteiger partial charge in [-0.2, -0.15) is 0 Å². The number of hydrogen-bond acceptors (Lipinski definition) is 2. The van der Waals surface area contributed by atoms with Crippen molar-refractivity contribution in [1.29, 1.82) is 0 Å². The molecule has 140 valence electrons. The van der Waals surface area contributed by atoms with Crippen LogP contribution in [0.15, 0.2) is 24.3 Å². The molecule has 2 heterocycles. The lowest BCUT2D eigenvalue weighted by Gasteiger charge is -2.44. The molecule has 2 amide bonds. The molecule has 2 aliphatic heterocycles. The summed E-state index contributed by atoms with van der Waals surface area (Å²) >= 11 is 0. The van der Waals surface area contributed by atoms with Crippen molar-refractivity contribution in [2.24, 2.45) is 5.92 Å². The summed E-state index contributed by atoms with van der Waals surface area (Å²) < 4.78 is 0. The maximum atomic E-state index is 13.1. The van der Waals surface area contributed by atoms with Gasteiger partial charge in [-0.05, 0) is 75.1 Å². The van der Waals surface area contributed by atoms with E-state index in [1.54, 1.807) is 0 Å². The minimum absolute atomic E-state index is 0.106. The van der Waals surface area contributed by atoms with Gasteiger partial charge in [0.15, 0.2) is 0 Å². The monoisotopic (exact) mass is 354 g/mol. The lowest BCUT2D eigenvalue weighted by atomic mass is 9.78. The first-order valence-electron chi connectivity index (χ1n) is 10.4. The molecule has 0 spiro atoms. The van der Waals surface area contributed by atoms with Crippen LogP contribution in [0.1, 0.15) is 78.5 Å². The summed E-state index contributed by atoms with van der Waals surface area (Å²) in [5.41, 5.74) is 1.43. The summed E-state index contributed by atoms with van der Waals surface area (Å²) in [5.74, 6) is 0.953. The van der Waals surface area contributed by atoms with E-state index in [0.29, 0.717) is 17.5 Å². The molecule has 1 aromatic rings. The number of rotatable bonds is 2. The maximum absolute atomic E-state index is 13.1. The number of carbonyl (C=O) groups is 2. The van der Waals surface area contributed by atoms with Gasteiger partial charge >= 0.3 is 0 Å². The number of fused-ring (bicyclic) bond motifs is 1. The van der Waals surface area contributed by atoms with Crippen LogP contribution in [0.4, 0.5) is 0 Å². The number of benzene rings is 1. The average molecular weight is 354 g/mol. The first-order chi connectivity index (χ1) is 12.7. The molecule has 2 atom stereocenters. The summed E-state index contributed by atoms with van der Waals surface area (Å²) in [7, 11) is 0. The minimum Gasteiger partial charge on any atom is -0.339 e. The Balaban J connectivity index is 1.45. The quantitative estimate of drug-likeness (QED) is 0.802. The third-order valence-corrected chi connectivity index (χ3v) is 6.53. The second-order valence-electron chi connectivity index (χ2n) is 8.18. The molecule has 1 aliphatic carbocycles. The Morgan fingerprint density at radius 2 is 1.31 bits per heavy atom. The average Bonchev–Trinajstić information content (AvgIpc) is 2.73. The van der Waals surface area contributed by atoms with E-state index in [4.69, 9.17) is 0 Å². The number of nitrogens with zero attached hydrogens (tertiary/aromatic N) is 2. The van der Waals surface area contributed by atoms with E-state index < -0.39 is 0 Å². The van der Waals surface area contributed by atoms with Gasteiger partial charge in [0.05, 0.1) is 0 Å². The Bertz CT molecular complexity index is 647. The normalized spacial score (nSPS) is 26.3. The third-order valence-electron chi connectivity index (χ3n) is 6.53. The first kappa shape index (κ1) is 17.6. The molecule has 0 radical (unpaired) electrons. The SMILES string of the molecule is O=C(c1ccc(C(=O)N2CCCC3CCCCC32)cc1)N1CCCCC1. The predicted octanol–water partition coefficient (Wildman–Crippen LogP) is 4.11. The van der Waals surface area contributed by atoms with Gasteiger partial charge in [-0.15, -0.1) is 0 Å². The maximum Gasteiger partial charge on any atom is 0.254 e. The van der Waals surface area contributed by atoms with Crippen molar-refractivity contribution in [3.05, 3.63) is 35.4 Å². The van der Waals surface area contributed by atoms with Crippen LogP contribution in [0.5, 0.6) is 0 Å². The van der Waals surface area contributed by atoms with E-state index in [1.807, 2.05) is 29.2 Å². The molecule has 4 heteroatoms. The fourth-order valence-electron chi connectivity index (χ4n) is 5.08. The summed E-state index contributed by atoms with van der Waals surface area (Å²) in [6.07, 6.45) is 10.8. The van der Waals surface area contributed by atoms with Gasteiger partial charge in [0.1, 0.15) is 0 Å². The molecule has 0 N–H and O–H groups in total. The Hall–Kier alpha value is -1.84. The third kappa shape index (κ3) is 3.51. The highest BCUT2D eigenvalue weighted by atomic mass is 16.2. The van der Waals surface area contributed by atoms with Crippen molar-refractivity contribution < 1.29 is 9.59 Å². The molecular formula is C22H30N2O2. The van der Waals surface area contributed by atoms with Crippen molar-refractivity contribution in [2.45, 2.75) is 63.8 Å². The second kappa shape index (κ2) is 7.81. The van der Waals surface area contributed by atoms with Crippen molar-refractivity contribution in [3.63, 3.8) is 0 Å². The smallest absolute Gasteiger partial charge is 0.254 e. The highest BCUT2D eigenvalue weighted by Crippen LogP contribution is 2.35. The topological polar surface area (TPSA) is 40.6 Å². The van der Waals surface area contributed by atoms with Crippen molar-refractivity contribution in [1.82, 2.24) is 9.80 Å². The van der Waals surface area contributed by atoms with Crippen LogP contribution < -0.4 is 0 Å². The highest BCUT2D eigenvalue weighted by Gasteiger charge is 2.36. The van der Waals surface area contributed by atoms with Gasteiger partial charge in [-0.3, -0.25) is 9.59 Å². The van der Waals surface area contributed by atoms with Gasteiger partial charge in [0.25, 0.3) is 11.8 Å². The van der Waals surface area contributed by atoms with E-state index in [9.17, 15) is 9.59 Å². The van der Waals surface area contributed by atoms with Crippen molar-refractivity contribution in [3.8, 4) is 0 Å². The highest BCUT2D eigenvalue weighted by molar-refractivity contribution is 5.98. The molecule has 2 unspecified atom stereocenters. The first-order valence-corrected chi connectivity index (χ1v) is 10.4. The minimum atomic E-state index is 0.106. The van der Waals surface area contributed by atoms with Crippen LogP contribution in [0, 0.1) is 5.92 Å². The molecular weight excluding hydrogens is 324 g/mol. The van der Waals surface area contributed by atoms with Crippen LogP contribution in [0.2, 0.25) is 0 Å². The number of amides is 2.